The molecule has 0 spiro atoms. The van der Waals surface area contributed by atoms with Crippen molar-refractivity contribution in [1.82, 2.24) is 10.3 Å². The van der Waals surface area contributed by atoms with E-state index in [9.17, 15) is 4.79 Å². The molecule has 8 heteroatoms. The predicted molar refractivity (Wildman–Crippen MR) is 129 cm³/mol. The molecule has 1 heterocycles. The Bertz CT molecular complexity index is 1300. The van der Waals surface area contributed by atoms with E-state index in [0.29, 0.717) is 38.5 Å². The van der Waals surface area contributed by atoms with Gasteiger partial charge in [0.1, 0.15) is 11.3 Å². The van der Waals surface area contributed by atoms with Gasteiger partial charge in [-0.25, -0.2) is 4.98 Å². The number of aromatic nitrogens is 1. The number of rotatable bonds is 4. The number of nitrogens with zero attached hydrogens (tertiary/aromatic N) is 1. The van der Waals surface area contributed by atoms with Gasteiger partial charge in [-0.3, -0.25) is 10.1 Å². The van der Waals surface area contributed by atoms with Crippen molar-refractivity contribution in [1.29, 1.82) is 0 Å². The number of carbonyl (C=O) groups excluding carboxylic acids is 1. The predicted octanol–water partition coefficient (Wildman–Crippen LogP) is 5.70. The fraction of sp³-hybridized carbons (Fsp3) is 0.0870. The highest BCUT2D eigenvalue weighted by molar-refractivity contribution is 9.10. The van der Waals surface area contributed by atoms with Gasteiger partial charge in [-0.1, -0.05) is 18.2 Å². The normalized spacial score (nSPS) is 10.7. The Hall–Kier alpha value is -3.23. The number of oxazole rings is 1. The van der Waals surface area contributed by atoms with Gasteiger partial charge >= 0.3 is 0 Å². The Morgan fingerprint density at radius 2 is 1.94 bits per heavy atom. The van der Waals surface area contributed by atoms with Crippen molar-refractivity contribution in [2.45, 2.75) is 6.92 Å². The molecule has 156 valence electrons. The topological polar surface area (TPSA) is 76.4 Å². The number of benzene rings is 3. The molecule has 0 radical (unpaired) electrons. The fourth-order valence-corrected chi connectivity index (χ4v) is 3.83. The summed E-state index contributed by atoms with van der Waals surface area (Å²) in [6.07, 6.45) is 0. The Morgan fingerprint density at radius 3 is 2.68 bits per heavy atom. The zero-order valence-electron chi connectivity index (χ0n) is 16.7. The standard InChI is InChI=1S/C23H18BrN3O3S/c1-13-5-3-4-6-16(13)22-26-18-12-15(8-10-20(18)30-22)25-23(31)27-21(28)14-7-9-19(29-2)17(24)11-14/h3-12H,1-2H3,(H2,25,27,28,31). The van der Waals surface area contributed by atoms with Crippen LogP contribution in [0.5, 0.6) is 5.75 Å². The Labute approximate surface area is 192 Å². The van der Waals surface area contributed by atoms with Crippen LogP contribution >= 0.6 is 28.1 Å². The van der Waals surface area contributed by atoms with Gasteiger partial charge in [0.25, 0.3) is 5.91 Å². The minimum Gasteiger partial charge on any atom is -0.496 e. The number of aryl methyl sites for hydroxylation is 1. The largest absolute Gasteiger partial charge is 0.496 e. The Morgan fingerprint density at radius 1 is 1.13 bits per heavy atom. The molecule has 1 aromatic heterocycles. The summed E-state index contributed by atoms with van der Waals surface area (Å²) >= 11 is 8.66. The number of hydrogen-bond donors (Lipinski definition) is 2. The Balaban J connectivity index is 1.48. The number of amides is 1. The maximum absolute atomic E-state index is 12.5. The summed E-state index contributed by atoms with van der Waals surface area (Å²) in [5, 5.41) is 5.87. The first kappa shape index (κ1) is 21.0. The number of methoxy groups -OCH3 is 1. The Kier molecular flexibility index (Phi) is 6.01. The maximum Gasteiger partial charge on any atom is 0.257 e. The SMILES string of the molecule is COc1ccc(C(=O)NC(=S)Nc2ccc3oc(-c4ccccc4C)nc3c2)cc1Br. The highest BCUT2D eigenvalue weighted by atomic mass is 79.9. The van der Waals surface area contributed by atoms with Gasteiger partial charge in [-0.2, -0.15) is 0 Å². The molecule has 4 aromatic rings. The lowest BCUT2D eigenvalue weighted by molar-refractivity contribution is 0.0977. The molecule has 31 heavy (non-hydrogen) atoms. The number of ether oxygens (including phenoxy) is 1. The number of hydrogen-bond acceptors (Lipinski definition) is 5. The molecule has 4 rings (SSSR count). The summed E-state index contributed by atoms with van der Waals surface area (Å²) in [6.45, 7) is 2.01. The van der Waals surface area contributed by atoms with Gasteiger partial charge < -0.3 is 14.5 Å². The zero-order valence-corrected chi connectivity index (χ0v) is 19.1. The third-order valence-corrected chi connectivity index (χ3v) is 5.49. The monoisotopic (exact) mass is 495 g/mol. The van der Waals surface area contributed by atoms with E-state index in [1.165, 1.54) is 0 Å². The molecule has 0 saturated heterocycles. The minimum atomic E-state index is -0.329. The number of nitrogens with one attached hydrogen (secondary N) is 2. The van der Waals surface area contributed by atoms with Crippen molar-refractivity contribution in [2.24, 2.45) is 0 Å². The van der Waals surface area contributed by atoms with E-state index in [1.807, 2.05) is 49.4 Å². The molecule has 0 aliphatic carbocycles. The summed E-state index contributed by atoms with van der Waals surface area (Å²) in [6, 6.07) is 18.4. The summed E-state index contributed by atoms with van der Waals surface area (Å²) in [5.41, 5.74) is 4.53. The van der Waals surface area contributed by atoms with Crippen molar-refractivity contribution in [3.8, 4) is 17.2 Å². The van der Waals surface area contributed by atoms with Gasteiger partial charge in [-0.05, 0) is 83.1 Å². The fourth-order valence-electron chi connectivity index (χ4n) is 3.08. The van der Waals surface area contributed by atoms with E-state index in [1.54, 1.807) is 25.3 Å². The number of fused-ring (bicyclic) bond motifs is 1. The van der Waals surface area contributed by atoms with Crippen LogP contribution in [0.3, 0.4) is 0 Å². The molecule has 0 aliphatic rings. The molecule has 0 bridgehead atoms. The van der Waals surface area contributed by atoms with Crippen LogP contribution in [-0.4, -0.2) is 23.1 Å². The van der Waals surface area contributed by atoms with E-state index in [0.717, 1.165) is 11.1 Å². The van der Waals surface area contributed by atoms with Crippen LogP contribution < -0.4 is 15.4 Å². The highest BCUT2D eigenvalue weighted by Crippen LogP contribution is 2.28. The van der Waals surface area contributed by atoms with Crippen LogP contribution in [0.15, 0.2) is 69.6 Å². The van der Waals surface area contributed by atoms with Crippen molar-refractivity contribution in [2.75, 3.05) is 12.4 Å². The maximum atomic E-state index is 12.5. The summed E-state index contributed by atoms with van der Waals surface area (Å²) in [4.78, 5) is 17.1. The first-order valence-electron chi connectivity index (χ1n) is 9.37. The molecule has 6 nitrogen and oxygen atoms in total. The van der Waals surface area contributed by atoms with Gasteiger partial charge in [0.15, 0.2) is 10.7 Å². The second-order valence-corrected chi connectivity index (χ2v) is 8.04. The molecule has 0 atom stereocenters. The zero-order chi connectivity index (χ0) is 22.0. The van der Waals surface area contributed by atoms with Gasteiger partial charge in [0, 0.05) is 16.8 Å². The molecular formula is C23H18BrN3O3S. The van der Waals surface area contributed by atoms with Crippen molar-refractivity contribution < 1.29 is 13.9 Å². The van der Waals surface area contributed by atoms with Gasteiger partial charge in [-0.15, -0.1) is 0 Å². The van der Waals surface area contributed by atoms with Gasteiger partial charge in [0.2, 0.25) is 5.89 Å². The van der Waals surface area contributed by atoms with Crippen molar-refractivity contribution in [3.05, 3.63) is 76.3 Å². The summed E-state index contributed by atoms with van der Waals surface area (Å²) in [5.74, 6) is 0.875. The number of thiocarbonyl (C=S) groups is 1. The second-order valence-electron chi connectivity index (χ2n) is 6.77. The molecular weight excluding hydrogens is 478 g/mol. The smallest absolute Gasteiger partial charge is 0.257 e. The highest BCUT2D eigenvalue weighted by Gasteiger charge is 2.13. The van der Waals surface area contributed by atoms with Crippen LogP contribution in [-0.2, 0) is 0 Å². The first-order chi connectivity index (χ1) is 14.9. The molecule has 1 amide bonds. The van der Waals surface area contributed by atoms with Crippen LogP contribution in [0.4, 0.5) is 5.69 Å². The molecule has 0 unspecified atom stereocenters. The van der Waals surface area contributed by atoms with E-state index < -0.39 is 0 Å². The van der Waals surface area contributed by atoms with Crippen LogP contribution in [0.1, 0.15) is 15.9 Å². The van der Waals surface area contributed by atoms with E-state index in [2.05, 4.69) is 31.5 Å². The van der Waals surface area contributed by atoms with Crippen molar-refractivity contribution >= 4 is 56.0 Å². The van der Waals surface area contributed by atoms with Crippen molar-refractivity contribution in [3.63, 3.8) is 0 Å². The van der Waals surface area contributed by atoms with Crippen LogP contribution in [0.25, 0.3) is 22.6 Å². The molecule has 2 N–H and O–H groups in total. The molecule has 0 fully saturated rings. The van der Waals surface area contributed by atoms with Gasteiger partial charge in [0.05, 0.1) is 11.6 Å². The summed E-state index contributed by atoms with van der Waals surface area (Å²) < 4.78 is 11.8. The molecule has 0 aliphatic heterocycles. The first-order valence-corrected chi connectivity index (χ1v) is 10.6. The number of anilines is 1. The summed E-state index contributed by atoms with van der Waals surface area (Å²) in [7, 11) is 1.56. The molecule has 0 saturated carbocycles. The minimum absolute atomic E-state index is 0.180. The van der Waals surface area contributed by atoms with E-state index in [-0.39, 0.29) is 11.0 Å². The van der Waals surface area contributed by atoms with E-state index in [4.69, 9.17) is 21.4 Å². The quantitative estimate of drug-likeness (QED) is 0.353. The average Bonchev–Trinajstić information content (AvgIpc) is 3.17. The third-order valence-electron chi connectivity index (χ3n) is 4.66. The van der Waals surface area contributed by atoms with Crippen LogP contribution in [0.2, 0.25) is 0 Å². The third kappa shape index (κ3) is 4.60. The average molecular weight is 496 g/mol. The molecule has 3 aromatic carbocycles. The van der Waals surface area contributed by atoms with Crippen LogP contribution in [0, 0.1) is 6.92 Å². The lowest BCUT2D eigenvalue weighted by atomic mass is 10.1. The van der Waals surface area contributed by atoms with E-state index >= 15 is 0 Å². The number of carbonyl (C=O) groups is 1. The lowest BCUT2D eigenvalue weighted by Gasteiger charge is -2.10. The lowest BCUT2D eigenvalue weighted by Crippen LogP contribution is -2.34. The second kappa shape index (κ2) is 8.87. The number of halogens is 1.